The molecular weight excluding hydrogens is 404 g/mol. The highest BCUT2D eigenvalue weighted by molar-refractivity contribution is 7.99. The first kappa shape index (κ1) is 21.5. The fourth-order valence-corrected chi connectivity index (χ4v) is 4.21. The van der Waals surface area contributed by atoms with E-state index in [1.165, 1.54) is 0 Å². The first-order valence-electron chi connectivity index (χ1n) is 9.39. The summed E-state index contributed by atoms with van der Waals surface area (Å²) in [5.41, 5.74) is 1.24. The van der Waals surface area contributed by atoms with Gasteiger partial charge in [-0.1, -0.05) is 13.8 Å². The molecule has 156 valence electrons. The molecule has 0 aliphatic carbocycles. The second-order valence-corrected chi connectivity index (χ2v) is 7.96. The number of nitrogens with one attached hydrogen (secondary N) is 1. The topological polar surface area (TPSA) is 32.3 Å². The molecule has 2 aromatic carbocycles. The van der Waals surface area contributed by atoms with Crippen LogP contribution in [0.4, 0.5) is 28.9 Å². The van der Waals surface area contributed by atoms with Crippen molar-refractivity contribution in [2.45, 2.75) is 45.3 Å². The van der Waals surface area contributed by atoms with Crippen LogP contribution in [0.25, 0.3) is 0 Å². The number of fused-ring (bicyclic) bond motifs is 1. The van der Waals surface area contributed by atoms with Crippen molar-refractivity contribution in [3.05, 3.63) is 58.2 Å². The Balaban J connectivity index is 1.77. The van der Waals surface area contributed by atoms with E-state index in [4.69, 9.17) is 0 Å². The smallest absolute Gasteiger partial charge is 0.227 e. The van der Waals surface area contributed by atoms with Crippen LogP contribution in [-0.2, 0) is 10.5 Å². The Morgan fingerprint density at radius 3 is 2.41 bits per heavy atom. The van der Waals surface area contributed by atoms with Crippen molar-refractivity contribution in [2.75, 3.05) is 16.2 Å². The molecular formula is C21H22F4N2OS. The summed E-state index contributed by atoms with van der Waals surface area (Å²) in [5, 5.41) is 0. The zero-order chi connectivity index (χ0) is 21.3. The van der Waals surface area contributed by atoms with E-state index in [9.17, 15) is 22.4 Å². The van der Waals surface area contributed by atoms with Gasteiger partial charge < -0.3 is 9.62 Å². The van der Waals surface area contributed by atoms with Crippen LogP contribution in [0.15, 0.2) is 18.2 Å². The van der Waals surface area contributed by atoms with Gasteiger partial charge >= 0.3 is 0 Å². The summed E-state index contributed by atoms with van der Waals surface area (Å²) in [4.78, 5) is 14.1. The second kappa shape index (κ2) is 8.65. The molecule has 1 unspecified atom stereocenters. The lowest BCUT2D eigenvalue weighted by molar-refractivity contribution is -0.119. The lowest BCUT2D eigenvalue weighted by Gasteiger charge is -2.33. The fourth-order valence-electron chi connectivity index (χ4n) is 3.45. The van der Waals surface area contributed by atoms with Gasteiger partial charge in [0.15, 0.2) is 23.3 Å². The fraction of sp³-hybridized carbons (Fsp3) is 0.381. The standard InChI is InChI=1S/C21H22F4N2OS/c1-4-7-27-16-6-5-13(9-14(16)11(2)8-17(27)28)26-29-10-15-20(24)18(22)12(3)19(23)21(15)25/h5-6,9,11,26H,4,7-8,10H2,1-3H3. The number of hydrogen-bond acceptors (Lipinski definition) is 3. The van der Waals surface area contributed by atoms with Crippen LogP contribution in [-0.4, -0.2) is 12.5 Å². The molecule has 0 bridgehead atoms. The largest absolute Gasteiger partial charge is 0.329 e. The van der Waals surface area contributed by atoms with Gasteiger partial charge in [0.25, 0.3) is 0 Å². The molecule has 2 aromatic rings. The van der Waals surface area contributed by atoms with Crippen LogP contribution in [0.2, 0.25) is 0 Å². The molecule has 1 N–H and O–H groups in total. The van der Waals surface area contributed by atoms with Crippen LogP contribution < -0.4 is 9.62 Å². The highest BCUT2D eigenvalue weighted by atomic mass is 32.2. The predicted octanol–water partition coefficient (Wildman–Crippen LogP) is 6.06. The van der Waals surface area contributed by atoms with E-state index < -0.39 is 34.4 Å². The van der Waals surface area contributed by atoms with E-state index in [-0.39, 0.29) is 17.6 Å². The first-order chi connectivity index (χ1) is 13.8. The van der Waals surface area contributed by atoms with Gasteiger partial charge in [-0.15, -0.1) is 0 Å². The highest BCUT2D eigenvalue weighted by Gasteiger charge is 2.28. The maximum atomic E-state index is 14.0. The monoisotopic (exact) mass is 426 g/mol. The zero-order valence-corrected chi connectivity index (χ0v) is 17.2. The van der Waals surface area contributed by atoms with E-state index in [2.05, 4.69) is 4.72 Å². The molecule has 8 heteroatoms. The summed E-state index contributed by atoms with van der Waals surface area (Å²) in [5.74, 6) is -5.64. The summed E-state index contributed by atoms with van der Waals surface area (Å²) in [6.45, 7) is 5.61. The van der Waals surface area contributed by atoms with Crippen LogP contribution >= 0.6 is 11.9 Å². The molecule has 1 aliphatic rings. The van der Waals surface area contributed by atoms with Gasteiger partial charge in [0.2, 0.25) is 5.91 Å². The van der Waals surface area contributed by atoms with Gasteiger partial charge in [-0.25, -0.2) is 17.6 Å². The lowest BCUT2D eigenvalue weighted by Crippen LogP contribution is -2.36. The molecule has 0 spiro atoms. The zero-order valence-electron chi connectivity index (χ0n) is 16.4. The van der Waals surface area contributed by atoms with Crippen LogP contribution in [0.1, 0.15) is 49.3 Å². The summed E-state index contributed by atoms with van der Waals surface area (Å²) in [6, 6.07) is 5.50. The van der Waals surface area contributed by atoms with Crippen LogP contribution in [0.5, 0.6) is 0 Å². The van der Waals surface area contributed by atoms with E-state index in [1.807, 2.05) is 26.0 Å². The number of benzene rings is 2. The van der Waals surface area contributed by atoms with Crippen molar-refractivity contribution >= 4 is 29.2 Å². The first-order valence-corrected chi connectivity index (χ1v) is 10.4. The highest BCUT2D eigenvalue weighted by Crippen LogP contribution is 2.38. The average molecular weight is 426 g/mol. The van der Waals surface area contributed by atoms with Gasteiger partial charge in [-0.05, 0) is 55.0 Å². The number of carbonyl (C=O) groups excluding carboxylic acids is 1. The molecule has 0 fully saturated rings. The third-order valence-electron chi connectivity index (χ3n) is 5.06. The Morgan fingerprint density at radius 1 is 1.14 bits per heavy atom. The lowest BCUT2D eigenvalue weighted by atomic mass is 9.90. The maximum Gasteiger partial charge on any atom is 0.227 e. The molecule has 29 heavy (non-hydrogen) atoms. The number of amides is 1. The third-order valence-corrected chi connectivity index (χ3v) is 5.87. The quantitative estimate of drug-likeness (QED) is 0.346. The molecule has 0 saturated heterocycles. The van der Waals surface area contributed by atoms with Crippen molar-refractivity contribution < 1.29 is 22.4 Å². The Bertz CT molecular complexity index is 922. The molecule has 0 radical (unpaired) electrons. The molecule has 1 heterocycles. The van der Waals surface area contributed by atoms with Gasteiger partial charge in [0.1, 0.15) is 0 Å². The molecule has 0 saturated carbocycles. The maximum absolute atomic E-state index is 14.0. The Morgan fingerprint density at radius 2 is 1.79 bits per heavy atom. The van der Waals surface area contributed by atoms with Gasteiger partial charge in [0, 0.05) is 41.2 Å². The van der Waals surface area contributed by atoms with Crippen molar-refractivity contribution in [1.29, 1.82) is 0 Å². The minimum atomic E-state index is -1.37. The van der Waals surface area contributed by atoms with E-state index in [1.54, 1.807) is 11.0 Å². The Hall–Kier alpha value is -2.22. The summed E-state index contributed by atoms with van der Waals surface area (Å²) < 4.78 is 58.4. The van der Waals surface area contributed by atoms with Crippen molar-refractivity contribution in [3.63, 3.8) is 0 Å². The molecule has 3 rings (SSSR count). The number of hydrogen-bond donors (Lipinski definition) is 1. The number of rotatable bonds is 6. The SMILES string of the molecule is CCCN1C(=O)CC(C)c2cc(NSCc3c(F)c(F)c(C)c(F)c3F)ccc21. The minimum Gasteiger partial charge on any atom is -0.329 e. The van der Waals surface area contributed by atoms with Crippen molar-refractivity contribution in [3.8, 4) is 0 Å². The molecule has 0 aromatic heterocycles. The Kier molecular flexibility index (Phi) is 6.41. The molecule has 1 atom stereocenters. The molecule has 1 amide bonds. The third kappa shape index (κ3) is 4.08. The van der Waals surface area contributed by atoms with E-state index in [0.717, 1.165) is 36.5 Å². The molecule has 3 nitrogen and oxygen atoms in total. The normalized spacial score (nSPS) is 16.2. The number of nitrogens with zero attached hydrogens (tertiary/aromatic N) is 1. The van der Waals surface area contributed by atoms with Crippen LogP contribution in [0, 0.1) is 30.2 Å². The second-order valence-electron chi connectivity index (χ2n) is 7.17. The minimum absolute atomic E-state index is 0.0486. The summed E-state index contributed by atoms with van der Waals surface area (Å²) in [7, 11) is 0. The van der Waals surface area contributed by atoms with Crippen molar-refractivity contribution in [2.24, 2.45) is 0 Å². The van der Waals surface area contributed by atoms with E-state index >= 15 is 0 Å². The number of carbonyl (C=O) groups is 1. The molecule has 1 aliphatic heterocycles. The Labute approximate surface area is 171 Å². The van der Waals surface area contributed by atoms with Gasteiger partial charge in [0.05, 0.1) is 0 Å². The van der Waals surface area contributed by atoms with E-state index in [0.29, 0.717) is 18.7 Å². The van der Waals surface area contributed by atoms with Crippen LogP contribution in [0.3, 0.4) is 0 Å². The van der Waals surface area contributed by atoms with Crippen molar-refractivity contribution in [1.82, 2.24) is 0 Å². The van der Waals surface area contributed by atoms with Gasteiger partial charge in [-0.2, -0.15) is 0 Å². The summed E-state index contributed by atoms with van der Waals surface area (Å²) >= 11 is 0.931. The summed E-state index contributed by atoms with van der Waals surface area (Å²) in [6.07, 6.45) is 1.26. The average Bonchev–Trinajstić information content (AvgIpc) is 2.70. The number of anilines is 2. The predicted molar refractivity (Wildman–Crippen MR) is 108 cm³/mol. The number of halogens is 4. The van der Waals surface area contributed by atoms with Gasteiger partial charge in [-0.3, -0.25) is 4.79 Å².